The number of benzene rings is 1. The third-order valence-electron chi connectivity index (χ3n) is 2.70. The van der Waals surface area contributed by atoms with Gasteiger partial charge < -0.3 is 9.73 Å². The van der Waals surface area contributed by atoms with Gasteiger partial charge in [-0.05, 0) is 42.8 Å². The van der Waals surface area contributed by atoms with Gasteiger partial charge in [-0.1, -0.05) is 13.0 Å². The van der Waals surface area contributed by atoms with E-state index in [-0.39, 0.29) is 5.82 Å². The molecule has 0 spiro atoms. The molecule has 19 heavy (non-hydrogen) atoms. The second-order valence-electron chi connectivity index (χ2n) is 4.31. The number of rotatable bonds is 7. The fourth-order valence-electron chi connectivity index (χ4n) is 1.72. The van der Waals surface area contributed by atoms with E-state index in [0.717, 1.165) is 24.3 Å². The van der Waals surface area contributed by atoms with Crippen molar-refractivity contribution in [2.24, 2.45) is 0 Å². The van der Waals surface area contributed by atoms with Crippen LogP contribution >= 0.6 is 11.8 Å². The molecule has 0 bridgehead atoms. The second-order valence-corrected chi connectivity index (χ2v) is 5.33. The predicted octanol–water partition coefficient (Wildman–Crippen LogP) is 4.21. The molecule has 1 heterocycles. The van der Waals surface area contributed by atoms with Gasteiger partial charge in [0.15, 0.2) is 0 Å². The maximum absolute atomic E-state index is 13.9. The molecule has 4 heteroatoms. The molecule has 2 nitrogen and oxygen atoms in total. The summed E-state index contributed by atoms with van der Waals surface area (Å²) in [6.07, 6.45) is 2.72. The number of thioether (sulfide) groups is 1. The van der Waals surface area contributed by atoms with Gasteiger partial charge in [-0.15, -0.1) is 11.8 Å². The van der Waals surface area contributed by atoms with Crippen molar-refractivity contribution in [3.8, 4) is 0 Å². The van der Waals surface area contributed by atoms with E-state index in [0.29, 0.717) is 17.2 Å². The molecule has 0 atom stereocenters. The van der Waals surface area contributed by atoms with Crippen LogP contribution in [0, 0.1) is 5.82 Å². The molecule has 0 aliphatic rings. The van der Waals surface area contributed by atoms with Crippen molar-refractivity contribution in [3.05, 3.63) is 53.7 Å². The van der Waals surface area contributed by atoms with Crippen molar-refractivity contribution in [2.45, 2.75) is 30.5 Å². The smallest absolute Gasteiger partial charge is 0.137 e. The van der Waals surface area contributed by atoms with Crippen LogP contribution in [0.25, 0.3) is 0 Å². The van der Waals surface area contributed by atoms with E-state index in [2.05, 4.69) is 12.2 Å². The van der Waals surface area contributed by atoms with Crippen molar-refractivity contribution in [2.75, 3.05) is 6.54 Å². The lowest BCUT2D eigenvalue weighted by Crippen LogP contribution is -2.13. The summed E-state index contributed by atoms with van der Waals surface area (Å²) in [6.45, 7) is 3.78. The van der Waals surface area contributed by atoms with Gasteiger partial charge in [0.2, 0.25) is 0 Å². The zero-order chi connectivity index (χ0) is 13.5. The van der Waals surface area contributed by atoms with Crippen molar-refractivity contribution in [1.29, 1.82) is 0 Å². The second kappa shape index (κ2) is 7.36. The summed E-state index contributed by atoms with van der Waals surface area (Å²) in [5.74, 6) is 1.35. The van der Waals surface area contributed by atoms with Gasteiger partial charge in [0.05, 0.1) is 12.0 Å². The van der Waals surface area contributed by atoms with E-state index in [4.69, 9.17) is 4.42 Å². The normalized spacial score (nSPS) is 10.8. The number of nitrogens with one attached hydrogen (secondary N) is 1. The van der Waals surface area contributed by atoms with Crippen LogP contribution in [0.2, 0.25) is 0 Å². The van der Waals surface area contributed by atoms with Crippen LogP contribution in [0.5, 0.6) is 0 Å². The Labute approximate surface area is 117 Å². The van der Waals surface area contributed by atoms with Gasteiger partial charge in [0.1, 0.15) is 11.6 Å². The Kier molecular flexibility index (Phi) is 5.48. The summed E-state index contributed by atoms with van der Waals surface area (Å²) in [7, 11) is 0. The Balaban J connectivity index is 1.91. The van der Waals surface area contributed by atoms with Gasteiger partial charge in [-0.2, -0.15) is 0 Å². The predicted molar refractivity (Wildman–Crippen MR) is 76.7 cm³/mol. The molecule has 0 saturated heterocycles. The average molecular weight is 279 g/mol. The molecule has 0 aliphatic heterocycles. The molecule has 0 saturated carbocycles. The Morgan fingerprint density at radius 1 is 1.32 bits per heavy atom. The minimum Gasteiger partial charge on any atom is -0.468 e. The summed E-state index contributed by atoms with van der Waals surface area (Å²) in [6, 6.07) is 9.15. The lowest BCUT2D eigenvalue weighted by molar-refractivity contribution is 0.530. The summed E-state index contributed by atoms with van der Waals surface area (Å²) in [5, 5.41) is 3.26. The van der Waals surface area contributed by atoms with Crippen molar-refractivity contribution in [1.82, 2.24) is 5.32 Å². The first-order chi connectivity index (χ1) is 9.29. The van der Waals surface area contributed by atoms with E-state index < -0.39 is 0 Å². The molecule has 2 aromatic rings. The molecule has 1 aromatic heterocycles. The molecule has 1 aromatic carbocycles. The number of hydrogen-bond acceptors (Lipinski definition) is 3. The van der Waals surface area contributed by atoms with Gasteiger partial charge >= 0.3 is 0 Å². The average Bonchev–Trinajstić information content (AvgIpc) is 2.91. The Morgan fingerprint density at radius 3 is 2.89 bits per heavy atom. The fourth-order valence-corrected chi connectivity index (χ4v) is 2.55. The third kappa shape index (κ3) is 4.40. The molecule has 102 valence electrons. The highest BCUT2D eigenvalue weighted by Crippen LogP contribution is 2.26. The van der Waals surface area contributed by atoms with E-state index in [1.807, 2.05) is 24.3 Å². The van der Waals surface area contributed by atoms with Crippen LogP contribution in [0.15, 0.2) is 45.9 Å². The maximum atomic E-state index is 13.9. The number of hydrogen-bond donors (Lipinski definition) is 1. The molecule has 1 N–H and O–H groups in total. The van der Waals surface area contributed by atoms with E-state index in [1.54, 1.807) is 12.3 Å². The molecule has 0 aliphatic carbocycles. The standard InChI is InChI=1S/C15H18FNOS/c1-2-7-17-10-12-5-6-15(14(16)9-12)19-11-13-4-3-8-18-13/h3-6,8-9,17H,2,7,10-11H2,1H3. The first-order valence-electron chi connectivity index (χ1n) is 6.44. The quantitative estimate of drug-likeness (QED) is 0.607. The summed E-state index contributed by atoms with van der Waals surface area (Å²) < 4.78 is 19.1. The molecule has 0 radical (unpaired) electrons. The van der Waals surface area contributed by atoms with E-state index >= 15 is 0 Å². The number of furan rings is 1. The lowest BCUT2D eigenvalue weighted by atomic mass is 10.2. The van der Waals surface area contributed by atoms with Crippen LogP contribution in [-0.4, -0.2) is 6.54 Å². The van der Waals surface area contributed by atoms with Crippen LogP contribution in [0.1, 0.15) is 24.7 Å². The first-order valence-corrected chi connectivity index (χ1v) is 7.42. The van der Waals surface area contributed by atoms with Gasteiger partial charge in [-0.3, -0.25) is 0 Å². The largest absolute Gasteiger partial charge is 0.468 e. The van der Waals surface area contributed by atoms with Crippen LogP contribution in [0.4, 0.5) is 4.39 Å². The topological polar surface area (TPSA) is 25.2 Å². The summed E-state index contributed by atoms with van der Waals surface area (Å²) >= 11 is 1.45. The van der Waals surface area contributed by atoms with Crippen LogP contribution in [0.3, 0.4) is 0 Å². The molecule has 0 fully saturated rings. The molecule has 2 rings (SSSR count). The zero-order valence-electron chi connectivity index (χ0n) is 11.0. The van der Waals surface area contributed by atoms with E-state index in [1.165, 1.54) is 11.8 Å². The summed E-state index contributed by atoms with van der Waals surface area (Å²) in [4.78, 5) is 0.663. The van der Waals surface area contributed by atoms with Crippen LogP contribution in [-0.2, 0) is 12.3 Å². The highest BCUT2D eigenvalue weighted by Gasteiger charge is 2.05. The minimum atomic E-state index is -0.160. The SMILES string of the molecule is CCCNCc1ccc(SCc2ccco2)c(F)c1. The number of halogens is 1. The third-order valence-corrected chi connectivity index (χ3v) is 3.77. The molecule has 0 unspecified atom stereocenters. The van der Waals surface area contributed by atoms with E-state index in [9.17, 15) is 4.39 Å². The molecular weight excluding hydrogens is 261 g/mol. The van der Waals surface area contributed by atoms with Crippen molar-refractivity contribution < 1.29 is 8.81 Å². The van der Waals surface area contributed by atoms with Crippen molar-refractivity contribution >= 4 is 11.8 Å². The lowest BCUT2D eigenvalue weighted by Gasteiger charge is -2.06. The highest BCUT2D eigenvalue weighted by molar-refractivity contribution is 7.98. The van der Waals surface area contributed by atoms with Crippen molar-refractivity contribution in [3.63, 3.8) is 0 Å². The van der Waals surface area contributed by atoms with Crippen LogP contribution < -0.4 is 5.32 Å². The maximum Gasteiger partial charge on any atom is 0.137 e. The monoisotopic (exact) mass is 279 g/mol. The minimum absolute atomic E-state index is 0.160. The Morgan fingerprint density at radius 2 is 2.21 bits per heavy atom. The first kappa shape index (κ1) is 14.2. The Bertz CT molecular complexity index is 499. The summed E-state index contributed by atoms with van der Waals surface area (Å²) in [5.41, 5.74) is 0.980. The molecule has 0 amide bonds. The highest BCUT2D eigenvalue weighted by atomic mass is 32.2. The van der Waals surface area contributed by atoms with Gasteiger partial charge in [0.25, 0.3) is 0 Å². The Hall–Kier alpha value is -1.26. The fraction of sp³-hybridized carbons (Fsp3) is 0.333. The molecular formula is C15H18FNOS. The van der Waals surface area contributed by atoms with Gasteiger partial charge in [0, 0.05) is 11.4 Å². The van der Waals surface area contributed by atoms with Gasteiger partial charge in [-0.25, -0.2) is 4.39 Å². The zero-order valence-corrected chi connectivity index (χ0v) is 11.8.